The van der Waals surface area contributed by atoms with Gasteiger partial charge in [-0.1, -0.05) is 6.07 Å². The van der Waals surface area contributed by atoms with Crippen molar-refractivity contribution >= 4 is 23.2 Å². The van der Waals surface area contributed by atoms with Gasteiger partial charge in [0.05, 0.1) is 12.8 Å². The van der Waals surface area contributed by atoms with Crippen LogP contribution in [0.4, 0.5) is 0 Å². The summed E-state index contributed by atoms with van der Waals surface area (Å²) >= 11 is 1.56. The third kappa shape index (κ3) is 3.36. The Bertz CT molecular complexity index is 1090. The fraction of sp³-hybridized carbons (Fsp3) is 0.238. The van der Waals surface area contributed by atoms with Crippen molar-refractivity contribution in [1.82, 2.24) is 9.88 Å². The number of carboxylic acid groups (broad SMARTS) is 1. The van der Waals surface area contributed by atoms with Gasteiger partial charge in [0.25, 0.3) is 5.91 Å². The molecule has 7 nitrogen and oxygen atoms in total. The molecule has 0 spiro atoms. The molecule has 1 amide bonds. The number of aryl methyl sites for hydroxylation is 1. The number of hydrogen-bond donors (Lipinski definition) is 2. The zero-order valence-electron chi connectivity index (χ0n) is 16.0. The first kappa shape index (κ1) is 19.1. The molecule has 0 unspecified atom stereocenters. The van der Waals surface area contributed by atoms with Gasteiger partial charge in [-0.15, -0.1) is 11.3 Å². The van der Waals surface area contributed by atoms with Crippen LogP contribution >= 0.6 is 11.3 Å². The van der Waals surface area contributed by atoms with E-state index >= 15 is 0 Å². The van der Waals surface area contributed by atoms with Crippen molar-refractivity contribution in [2.75, 3.05) is 20.8 Å². The number of carbonyl (C=O) groups excluding carboxylic acids is 1. The van der Waals surface area contributed by atoms with E-state index in [1.165, 1.54) is 0 Å². The number of benzene rings is 1. The monoisotopic (exact) mass is 412 g/mol. The fourth-order valence-electron chi connectivity index (χ4n) is 3.62. The van der Waals surface area contributed by atoms with Gasteiger partial charge >= 0.3 is 5.97 Å². The predicted molar refractivity (Wildman–Crippen MR) is 110 cm³/mol. The van der Waals surface area contributed by atoms with Crippen molar-refractivity contribution in [3.8, 4) is 33.2 Å². The van der Waals surface area contributed by atoms with Gasteiger partial charge in [-0.3, -0.25) is 4.79 Å². The highest BCUT2D eigenvalue weighted by molar-refractivity contribution is 7.13. The van der Waals surface area contributed by atoms with E-state index in [1.54, 1.807) is 31.6 Å². The summed E-state index contributed by atoms with van der Waals surface area (Å²) in [5.74, 6) is -0.218. The number of ether oxygens (including phenoxy) is 2. The van der Waals surface area contributed by atoms with Gasteiger partial charge in [0.2, 0.25) is 0 Å². The van der Waals surface area contributed by atoms with Crippen molar-refractivity contribution in [3.05, 3.63) is 47.0 Å². The summed E-state index contributed by atoms with van der Waals surface area (Å²) in [4.78, 5) is 24.5. The smallest absolute Gasteiger partial charge is 0.352 e. The van der Waals surface area contributed by atoms with E-state index in [4.69, 9.17) is 9.47 Å². The first-order valence-electron chi connectivity index (χ1n) is 9.08. The zero-order chi connectivity index (χ0) is 20.5. The standard InChI is InChI=1S/C21H20N2O5S/c1-22-19(24)11-28-17-10-13-12(8-16(17)27-2)5-6-23-15(21(25)26)9-14(20(13)23)18-4-3-7-29-18/h3-4,7-10H,5-6,11H2,1-2H3,(H,22,24)(H,25,26). The van der Waals surface area contributed by atoms with E-state index in [9.17, 15) is 14.7 Å². The molecule has 4 rings (SSSR count). The molecule has 1 aliphatic heterocycles. The van der Waals surface area contributed by atoms with Crippen LogP contribution in [0.2, 0.25) is 0 Å². The maximum absolute atomic E-state index is 11.8. The molecule has 1 aliphatic rings. The molecule has 2 N–H and O–H groups in total. The molecule has 8 heteroatoms. The highest BCUT2D eigenvalue weighted by Gasteiger charge is 2.28. The molecule has 0 bridgehead atoms. The number of hydrogen-bond acceptors (Lipinski definition) is 5. The van der Waals surface area contributed by atoms with Gasteiger partial charge in [-0.25, -0.2) is 4.79 Å². The van der Waals surface area contributed by atoms with Crippen molar-refractivity contribution < 1.29 is 24.2 Å². The number of methoxy groups -OCH3 is 1. The first-order chi connectivity index (χ1) is 14.0. The lowest BCUT2D eigenvalue weighted by molar-refractivity contribution is -0.122. The molecular weight excluding hydrogens is 392 g/mol. The Balaban J connectivity index is 1.88. The van der Waals surface area contributed by atoms with Crippen LogP contribution in [0.15, 0.2) is 35.7 Å². The van der Waals surface area contributed by atoms with Crippen LogP contribution in [0.25, 0.3) is 21.7 Å². The molecule has 0 aliphatic carbocycles. The van der Waals surface area contributed by atoms with Crippen LogP contribution in [0, 0.1) is 0 Å². The van der Waals surface area contributed by atoms with Crippen LogP contribution in [-0.2, 0) is 17.8 Å². The molecule has 0 atom stereocenters. The largest absolute Gasteiger partial charge is 0.493 e. The lowest BCUT2D eigenvalue weighted by Gasteiger charge is -2.23. The highest BCUT2D eigenvalue weighted by atomic mass is 32.1. The number of fused-ring (bicyclic) bond motifs is 3. The first-order valence-corrected chi connectivity index (χ1v) is 9.96. The zero-order valence-corrected chi connectivity index (χ0v) is 16.8. The number of nitrogens with one attached hydrogen (secondary N) is 1. The fourth-order valence-corrected chi connectivity index (χ4v) is 4.36. The van der Waals surface area contributed by atoms with E-state index in [-0.39, 0.29) is 18.2 Å². The molecule has 0 radical (unpaired) electrons. The number of aromatic nitrogens is 1. The second-order valence-corrected chi connectivity index (χ2v) is 7.55. The van der Waals surface area contributed by atoms with E-state index in [0.29, 0.717) is 24.5 Å². The molecule has 1 aromatic carbocycles. The Hall–Kier alpha value is -3.26. The number of likely N-dealkylation sites (N-methyl/N-ethyl adjacent to an activating group) is 1. The minimum Gasteiger partial charge on any atom is -0.493 e. The van der Waals surface area contributed by atoms with Crippen LogP contribution in [0.5, 0.6) is 11.5 Å². The number of amides is 1. The number of aromatic carboxylic acids is 1. The highest BCUT2D eigenvalue weighted by Crippen LogP contribution is 2.45. The molecule has 150 valence electrons. The average molecular weight is 412 g/mol. The van der Waals surface area contributed by atoms with Gasteiger partial charge in [0, 0.05) is 29.6 Å². The molecule has 3 aromatic rings. The van der Waals surface area contributed by atoms with Crippen molar-refractivity contribution in [1.29, 1.82) is 0 Å². The number of nitrogens with zero attached hydrogens (tertiary/aromatic N) is 1. The number of carboxylic acids is 1. The molecular formula is C21H20N2O5S. The Morgan fingerprint density at radius 2 is 2.07 bits per heavy atom. The molecule has 2 aromatic heterocycles. The molecule has 0 saturated carbocycles. The number of carbonyl (C=O) groups is 2. The maximum atomic E-state index is 11.8. The summed E-state index contributed by atoms with van der Waals surface area (Å²) in [7, 11) is 3.10. The van der Waals surface area contributed by atoms with E-state index in [2.05, 4.69) is 5.32 Å². The minimum atomic E-state index is -0.956. The maximum Gasteiger partial charge on any atom is 0.352 e. The molecule has 29 heavy (non-hydrogen) atoms. The van der Waals surface area contributed by atoms with Crippen LogP contribution in [-0.4, -0.2) is 42.3 Å². The third-order valence-corrected chi connectivity index (χ3v) is 5.89. The third-order valence-electron chi connectivity index (χ3n) is 4.99. The SMILES string of the molecule is CNC(=O)COc1cc2c(cc1OC)CCn1c(C(=O)O)cc(-c3cccs3)c1-2. The lowest BCUT2D eigenvalue weighted by atomic mass is 9.95. The van der Waals surface area contributed by atoms with E-state index in [1.807, 2.05) is 34.2 Å². The van der Waals surface area contributed by atoms with Gasteiger partial charge in [-0.05, 0) is 41.6 Å². The Kier molecular flexibility index (Phi) is 5.02. The average Bonchev–Trinajstić information content (AvgIpc) is 3.38. The van der Waals surface area contributed by atoms with E-state index < -0.39 is 5.97 Å². The molecule has 3 heterocycles. The van der Waals surface area contributed by atoms with Gasteiger partial charge in [0.1, 0.15) is 5.69 Å². The normalized spacial score (nSPS) is 12.1. The number of thiophene rings is 1. The minimum absolute atomic E-state index is 0.134. The summed E-state index contributed by atoms with van der Waals surface area (Å²) in [5.41, 5.74) is 3.92. The van der Waals surface area contributed by atoms with Crippen LogP contribution < -0.4 is 14.8 Å². The Morgan fingerprint density at radius 3 is 2.72 bits per heavy atom. The van der Waals surface area contributed by atoms with Crippen molar-refractivity contribution in [2.45, 2.75) is 13.0 Å². The quantitative estimate of drug-likeness (QED) is 0.649. The predicted octanol–water partition coefficient (Wildman–Crippen LogP) is 3.27. The summed E-state index contributed by atoms with van der Waals surface area (Å²) < 4.78 is 13.0. The van der Waals surface area contributed by atoms with E-state index in [0.717, 1.165) is 27.3 Å². The van der Waals surface area contributed by atoms with Crippen molar-refractivity contribution in [2.24, 2.45) is 0 Å². The van der Waals surface area contributed by atoms with Crippen molar-refractivity contribution in [3.63, 3.8) is 0 Å². The van der Waals surface area contributed by atoms with Gasteiger partial charge < -0.3 is 24.5 Å². The second-order valence-electron chi connectivity index (χ2n) is 6.60. The van der Waals surface area contributed by atoms with Crippen LogP contribution in [0.1, 0.15) is 16.1 Å². The summed E-state index contributed by atoms with van der Waals surface area (Å²) in [6.45, 7) is 0.432. The summed E-state index contributed by atoms with van der Waals surface area (Å²) in [6.07, 6.45) is 0.674. The van der Waals surface area contributed by atoms with Gasteiger partial charge in [0.15, 0.2) is 18.1 Å². The molecule has 0 fully saturated rings. The Morgan fingerprint density at radius 1 is 1.24 bits per heavy atom. The van der Waals surface area contributed by atoms with Crippen LogP contribution in [0.3, 0.4) is 0 Å². The second kappa shape index (κ2) is 7.63. The Labute approximate surface area is 171 Å². The lowest BCUT2D eigenvalue weighted by Crippen LogP contribution is -2.25. The van der Waals surface area contributed by atoms with Gasteiger partial charge in [-0.2, -0.15) is 0 Å². The summed E-state index contributed by atoms with van der Waals surface area (Å²) in [5, 5.41) is 14.2. The number of rotatable bonds is 6. The topological polar surface area (TPSA) is 89.8 Å². The molecule has 0 saturated heterocycles. The summed E-state index contributed by atoms with van der Waals surface area (Å²) in [6, 6.07) is 9.40.